The number of hydrogen-bond donors (Lipinski definition) is 0. The minimum absolute atomic E-state index is 0.732. The lowest BCUT2D eigenvalue weighted by atomic mass is 10.2. The van der Waals surface area contributed by atoms with E-state index in [1.54, 1.807) is 0 Å². The Morgan fingerprint density at radius 3 is 3.08 bits per heavy atom. The van der Waals surface area contributed by atoms with Crippen LogP contribution in [0, 0.1) is 0 Å². The van der Waals surface area contributed by atoms with Crippen LogP contribution in [0.4, 0.5) is 0 Å². The zero-order chi connectivity index (χ0) is 7.97. The lowest BCUT2D eigenvalue weighted by Crippen LogP contribution is -2.22. The Kier molecular flexibility index (Phi) is 1.01. The Balaban J connectivity index is 2.52. The molecule has 3 rings (SSSR count). The van der Waals surface area contributed by atoms with Crippen LogP contribution in [-0.2, 0) is 4.74 Å². The number of hydrogen-bond acceptors (Lipinski definition) is 1. The highest BCUT2D eigenvalue weighted by molar-refractivity contribution is 5.79. The average Bonchev–Trinajstić information content (AvgIpc) is 2.62. The molecule has 0 N–H and O–H groups in total. The van der Waals surface area contributed by atoms with Crippen molar-refractivity contribution in [2.24, 2.45) is 0 Å². The van der Waals surface area contributed by atoms with Crippen molar-refractivity contribution in [2.45, 2.75) is 0 Å². The molecule has 0 saturated carbocycles. The van der Waals surface area contributed by atoms with Gasteiger partial charge in [0.2, 0.25) is 0 Å². The standard InChI is InChI=1S/C11H8O/c1-2-4-10-8(3-1)7-9-5-6-12-11(9)10/h1-5,7H,6H2. The molecule has 1 heterocycles. The second kappa shape index (κ2) is 2.01. The van der Waals surface area contributed by atoms with Gasteiger partial charge in [-0.2, -0.15) is 0 Å². The molecule has 0 atom stereocenters. The van der Waals surface area contributed by atoms with E-state index in [0.717, 1.165) is 12.4 Å². The van der Waals surface area contributed by atoms with E-state index in [-0.39, 0.29) is 0 Å². The summed E-state index contributed by atoms with van der Waals surface area (Å²) in [6.45, 7) is 0.732. The predicted octanol–water partition coefficient (Wildman–Crippen LogP) is 0.545. The van der Waals surface area contributed by atoms with E-state index >= 15 is 0 Å². The molecule has 0 saturated heterocycles. The van der Waals surface area contributed by atoms with Crippen LogP contribution in [0.1, 0.15) is 0 Å². The molecule has 0 bridgehead atoms. The third-order valence-corrected chi connectivity index (χ3v) is 2.31. The van der Waals surface area contributed by atoms with Gasteiger partial charge < -0.3 is 4.74 Å². The van der Waals surface area contributed by atoms with Crippen molar-refractivity contribution in [1.29, 1.82) is 0 Å². The normalized spacial score (nSPS) is 17.7. The maximum absolute atomic E-state index is 5.50. The summed E-state index contributed by atoms with van der Waals surface area (Å²) in [6, 6.07) is 8.32. The fourth-order valence-electron chi connectivity index (χ4n) is 1.75. The lowest BCUT2D eigenvalue weighted by molar-refractivity contribution is 0.334. The predicted molar refractivity (Wildman–Crippen MR) is 47.6 cm³/mol. The van der Waals surface area contributed by atoms with E-state index < -0.39 is 0 Å². The van der Waals surface area contributed by atoms with E-state index in [1.165, 1.54) is 16.0 Å². The number of fused-ring (bicyclic) bond motifs is 2. The quantitative estimate of drug-likeness (QED) is 0.533. The monoisotopic (exact) mass is 156 g/mol. The van der Waals surface area contributed by atoms with E-state index in [9.17, 15) is 0 Å². The Morgan fingerprint density at radius 1 is 1.17 bits per heavy atom. The maximum Gasteiger partial charge on any atom is 0.134 e. The molecule has 1 nitrogen and oxygen atoms in total. The summed E-state index contributed by atoms with van der Waals surface area (Å²) < 4.78 is 5.50. The summed E-state index contributed by atoms with van der Waals surface area (Å²) in [4.78, 5) is 0. The summed E-state index contributed by atoms with van der Waals surface area (Å²) in [7, 11) is 0. The molecular formula is C11H8O. The molecule has 2 aliphatic rings. The minimum atomic E-state index is 0.732. The zero-order valence-electron chi connectivity index (χ0n) is 6.58. The summed E-state index contributed by atoms with van der Waals surface area (Å²) in [6.07, 6.45) is 4.30. The fourth-order valence-corrected chi connectivity index (χ4v) is 1.75. The van der Waals surface area contributed by atoms with Gasteiger partial charge in [-0.05, 0) is 17.4 Å². The van der Waals surface area contributed by atoms with Crippen molar-refractivity contribution >= 4 is 11.8 Å². The molecule has 1 aromatic carbocycles. The van der Waals surface area contributed by atoms with Crippen LogP contribution in [0.2, 0.25) is 0 Å². The van der Waals surface area contributed by atoms with Crippen LogP contribution >= 0.6 is 0 Å². The van der Waals surface area contributed by atoms with Crippen LogP contribution in [0.25, 0.3) is 11.8 Å². The SMILES string of the molecule is C1=C2C=c3ccccc3=C2OC1. The van der Waals surface area contributed by atoms with E-state index in [1.807, 2.05) is 6.07 Å². The Morgan fingerprint density at radius 2 is 2.08 bits per heavy atom. The molecule has 58 valence electrons. The highest BCUT2D eigenvalue weighted by atomic mass is 16.5. The van der Waals surface area contributed by atoms with Crippen molar-refractivity contribution < 1.29 is 4.74 Å². The first-order chi connectivity index (χ1) is 5.95. The van der Waals surface area contributed by atoms with Crippen LogP contribution in [0.15, 0.2) is 35.9 Å². The molecule has 0 aromatic heterocycles. The van der Waals surface area contributed by atoms with Crippen molar-refractivity contribution in [3.63, 3.8) is 0 Å². The van der Waals surface area contributed by atoms with Crippen molar-refractivity contribution in [3.05, 3.63) is 46.4 Å². The van der Waals surface area contributed by atoms with Crippen molar-refractivity contribution in [3.8, 4) is 0 Å². The summed E-state index contributed by atoms with van der Waals surface area (Å²) >= 11 is 0. The van der Waals surface area contributed by atoms with Gasteiger partial charge in [0.05, 0.1) is 0 Å². The first kappa shape index (κ1) is 6.06. The summed E-state index contributed by atoms with van der Waals surface area (Å²) in [5.41, 5.74) is 1.25. The number of benzene rings is 1. The van der Waals surface area contributed by atoms with Gasteiger partial charge in [0.1, 0.15) is 12.4 Å². The van der Waals surface area contributed by atoms with Crippen LogP contribution < -0.4 is 10.4 Å². The third-order valence-electron chi connectivity index (χ3n) is 2.31. The van der Waals surface area contributed by atoms with E-state index in [2.05, 4.69) is 30.4 Å². The molecule has 1 aliphatic carbocycles. The van der Waals surface area contributed by atoms with Gasteiger partial charge >= 0.3 is 0 Å². The number of ether oxygens (including phenoxy) is 1. The van der Waals surface area contributed by atoms with E-state index in [4.69, 9.17) is 4.74 Å². The molecule has 0 fully saturated rings. The molecule has 0 unspecified atom stereocenters. The molecule has 1 heteroatoms. The minimum Gasteiger partial charge on any atom is -0.488 e. The first-order valence-corrected chi connectivity index (χ1v) is 4.09. The highest BCUT2D eigenvalue weighted by Crippen LogP contribution is 2.21. The van der Waals surface area contributed by atoms with Gasteiger partial charge in [0.25, 0.3) is 0 Å². The highest BCUT2D eigenvalue weighted by Gasteiger charge is 2.15. The maximum atomic E-state index is 5.50. The van der Waals surface area contributed by atoms with Gasteiger partial charge in [-0.1, -0.05) is 24.3 Å². The smallest absolute Gasteiger partial charge is 0.134 e. The van der Waals surface area contributed by atoms with Crippen molar-refractivity contribution in [2.75, 3.05) is 6.61 Å². The van der Waals surface area contributed by atoms with Crippen LogP contribution in [0.5, 0.6) is 0 Å². The van der Waals surface area contributed by atoms with E-state index in [0.29, 0.717) is 0 Å². The average molecular weight is 156 g/mol. The largest absolute Gasteiger partial charge is 0.488 e. The lowest BCUT2D eigenvalue weighted by Gasteiger charge is -1.95. The second-order valence-corrected chi connectivity index (χ2v) is 3.03. The fraction of sp³-hybridized carbons (Fsp3) is 0.0909. The van der Waals surface area contributed by atoms with Crippen LogP contribution in [-0.4, -0.2) is 6.61 Å². The number of rotatable bonds is 0. The van der Waals surface area contributed by atoms with Gasteiger partial charge in [0, 0.05) is 10.8 Å². The summed E-state index contributed by atoms with van der Waals surface area (Å²) in [5, 5.41) is 2.51. The zero-order valence-corrected chi connectivity index (χ0v) is 6.58. The topological polar surface area (TPSA) is 9.23 Å². The second-order valence-electron chi connectivity index (χ2n) is 3.03. The molecule has 0 radical (unpaired) electrons. The first-order valence-electron chi connectivity index (χ1n) is 4.09. The molecule has 0 spiro atoms. The molecule has 1 aromatic rings. The van der Waals surface area contributed by atoms with Gasteiger partial charge in [0.15, 0.2) is 0 Å². The molecule has 12 heavy (non-hydrogen) atoms. The third kappa shape index (κ3) is 0.632. The molecule has 0 amide bonds. The van der Waals surface area contributed by atoms with Gasteiger partial charge in [-0.3, -0.25) is 0 Å². The Bertz CT molecular complexity index is 480. The van der Waals surface area contributed by atoms with Gasteiger partial charge in [-0.25, -0.2) is 0 Å². The summed E-state index contributed by atoms with van der Waals surface area (Å²) in [5.74, 6) is 1.06. The van der Waals surface area contributed by atoms with Crippen LogP contribution in [0.3, 0.4) is 0 Å². The van der Waals surface area contributed by atoms with Crippen molar-refractivity contribution in [1.82, 2.24) is 0 Å². The Hall–Kier alpha value is -1.50. The Labute approximate surface area is 70.3 Å². The molecular weight excluding hydrogens is 148 g/mol. The molecule has 1 aliphatic heterocycles. The van der Waals surface area contributed by atoms with Gasteiger partial charge in [-0.15, -0.1) is 0 Å².